The fraction of sp³-hybridized carbons (Fsp3) is 0.562. The second-order valence-corrected chi connectivity index (χ2v) is 6.25. The second-order valence-electron chi connectivity index (χ2n) is 6.25. The summed E-state index contributed by atoms with van der Waals surface area (Å²) in [4.78, 5) is 25.1. The maximum Gasteiger partial charge on any atom is 0.311 e. The van der Waals surface area contributed by atoms with Crippen molar-refractivity contribution in [1.82, 2.24) is 4.90 Å². The first-order chi connectivity index (χ1) is 11.0. The number of nitrogens with zero attached hydrogens (tertiary/aromatic N) is 2. The summed E-state index contributed by atoms with van der Waals surface area (Å²) in [7, 11) is 0. The van der Waals surface area contributed by atoms with Gasteiger partial charge in [0.15, 0.2) is 5.75 Å². The number of rotatable bonds is 4. The fourth-order valence-corrected chi connectivity index (χ4v) is 3.73. The van der Waals surface area contributed by atoms with E-state index >= 15 is 0 Å². The van der Waals surface area contributed by atoms with Gasteiger partial charge in [0.25, 0.3) is 5.91 Å². The van der Waals surface area contributed by atoms with Gasteiger partial charge in [0, 0.05) is 30.8 Å². The molecule has 1 saturated heterocycles. The van der Waals surface area contributed by atoms with E-state index < -0.39 is 4.92 Å². The monoisotopic (exact) mass is 319 g/mol. The molecule has 2 aliphatic rings. The van der Waals surface area contributed by atoms with Gasteiger partial charge in [-0.15, -0.1) is 0 Å². The van der Waals surface area contributed by atoms with Gasteiger partial charge in [-0.05, 0) is 43.7 Å². The number of nitro benzene ring substituents is 1. The number of carbonyl (C=O) groups excluding carboxylic acids is 1. The highest BCUT2D eigenvalue weighted by Crippen LogP contribution is 2.38. The molecule has 1 amide bonds. The van der Waals surface area contributed by atoms with E-state index in [0.29, 0.717) is 37.1 Å². The van der Waals surface area contributed by atoms with Crippen molar-refractivity contribution in [3.8, 4) is 5.75 Å². The normalized spacial score (nSPS) is 26.2. The zero-order valence-corrected chi connectivity index (χ0v) is 13.1. The highest BCUT2D eigenvalue weighted by molar-refractivity contribution is 5.95. The number of ether oxygens (including phenoxy) is 1. The molecule has 1 aromatic rings. The van der Waals surface area contributed by atoms with Crippen LogP contribution in [0.5, 0.6) is 5.75 Å². The van der Waals surface area contributed by atoms with E-state index in [-0.39, 0.29) is 23.4 Å². The summed E-state index contributed by atoms with van der Waals surface area (Å²) in [6, 6.07) is 4.56. The van der Waals surface area contributed by atoms with Gasteiger partial charge in [-0.3, -0.25) is 14.9 Å². The molecule has 2 fully saturated rings. The van der Waals surface area contributed by atoms with Gasteiger partial charge in [0.2, 0.25) is 0 Å². The van der Waals surface area contributed by atoms with Crippen molar-refractivity contribution < 1.29 is 14.5 Å². The highest BCUT2D eigenvalue weighted by Gasteiger charge is 2.42. The Kier molecular flexibility index (Phi) is 4.21. The van der Waals surface area contributed by atoms with Crippen LogP contribution in [-0.4, -0.2) is 41.5 Å². The van der Waals surface area contributed by atoms with E-state index in [2.05, 4.69) is 0 Å². The Balaban J connectivity index is 1.80. The average Bonchev–Trinajstić information content (AvgIpc) is 3.09. The lowest BCUT2D eigenvalue weighted by atomic mass is 9.98. The Morgan fingerprint density at radius 3 is 2.87 bits per heavy atom. The summed E-state index contributed by atoms with van der Waals surface area (Å²) in [5, 5.41) is 11.2. The van der Waals surface area contributed by atoms with Crippen molar-refractivity contribution in [3.63, 3.8) is 0 Å². The van der Waals surface area contributed by atoms with Crippen LogP contribution < -0.4 is 10.5 Å². The molecule has 23 heavy (non-hydrogen) atoms. The molecule has 0 radical (unpaired) electrons. The standard InChI is InChI=1S/C16H21N3O4/c1-2-23-15-6-4-10(7-14(15)19(21)22)16(20)18-8-11-3-5-13(17)12(11)9-18/h4,6-7,11-13H,2-3,5,8-9,17H2,1H3. The third-order valence-corrected chi connectivity index (χ3v) is 4.90. The van der Waals surface area contributed by atoms with Crippen LogP contribution in [-0.2, 0) is 0 Å². The van der Waals surface area contributed by atoms with E-state index in [1.807, 2.05) is 0 Å². The lowest BCUT2D eigenvalue weighted by molar-refractivity contribution is -0.385. The molecule has 1 aliphatic heterocycles. The minimum Gasteiger partial charge on any atom is -0.487 e. The Morgan fingerprint density at radius 2 is 2.22 bits per heavy atom. The Bertz CT molecular complexity index is 634. The molecule has 3 rings (SSSR count). The van der Waals surface area contributed by atoms with Crippen molar-refractivity contribution >= 4 is 11.6 Å². The number of nitro groups is 1. The van der Waals surface area contributed by atoms with Crippen LogP contribution in [0, 0.1) is 22.0 Å². The molecule has 1 aromatic carbocycles. The SMILES string of the molecule is CCOc1ccc(C(=O)N2CC3CCC(N)C3C2)cc1[N+](=O)[O-]. The van der Waals surface area contributed by atoms with Crippen molar-refractivity contribution in [1.29, 1.82) is 0 Å². The molecule has 0 bridgehead atoms. The van der Waals surface area contributed by atoms with E-state index in [1.54, 1.807) is 17.9 Å². The first-order valence-electron chi connectivity index (χ1n) is 7.97. The highest BCUT2D eigenvalue weighted by atomic mass is 16.6. The minimum atomic E-state index is -0.517. The topological polar surface area (TPSA) is 98.7 Å². The molecule has 3 atom stereocenters. The molecular weight excluding hydrogens is 298 g/mol. The summed E-state index contributed by atoms with van der Waals surface area (Å²) < 4.78 is 5.25. The molecule has 1 heterocycles. The summed E-state index contributed by atoms with van der Waals surface area (Å²) in [6.45, 7) is 3.43. The van der Waals surface area contributed by atoms with Gasteiger partial charge in [-0.2, -0.15) is 0 Å². The first kappa shape index (κ1) is 15.7. The maximum atomic E-state index is 12.7. The lowest BCUT2D eigenvalue weighted by Crippen LogP contribution is -2.33. The largest absolute Gasteiger partial charge is 0.487 e. The fourth-order valence-electron chi connectivity index (χ4n) is 3.73. The molecule has 1 saturated carbocycles. The number of hydrogen-bond donors (Lipinski definition) is 1. The number of nitrogens with two attached hydrogens (primary N) is 1. The smallest absolute Gasteiger partial charge is 0.311 e. The predicted octanol–water partition coefficient (Wildman–Crippen LogP) is 1.80. The predicted molar refractivity (Wildman–Crippen MR) is 84.4 cm³/mol. The summed E-state index contributed by atoms with van der Waals surface area (Å²) >= 11 is 0. The summed E-state index contributed by atoms with van der Waals surface area (Å²) in [6.07, 6.45) is 2.07. The summed E-state index contributed by atoms with van der Waals surface area (Å²) in [5.41, 5.74) is 6.25. The first-order valence-corrected chi connectivity index (χ1v) is 7.97. The molecule has 2 N–H and O–H groups in total. The molecule has 3 unspecified atom stereocenters. The van der Waals surface area contributed by atoms with Crippen LogP contribution in [0.2, 0.25) is 0 Å². The lowest BCUT2D eigenvalue weighted by Gasteiger charge is -2.19. The number of likely N-dealkylation sites (tertiary alicyclic amines) is 1. The van der Waals surface area contributed by atoms with Crippen molar-refractivity contribution in [2.75, 3.05) is 19.7 Å². The zero-order valence-electron chi connectivity index (χ0n) is 13.1. The Labute approximate surface area is 134 Å². The van der Waals surface area contributed by atoms with Crippen LogP contribution >= 0.6 is 0 Å². The number of hydrogen-bond acceptors (Lipinski definition) is 5. The van der Waals surface area contributed by atoms with Gasteiger partial charge >= 0.3 is 5.69 Å². The second kappa shape index (κ2) is 6.16. The Morgan fingerprint density at radius 1 is 1.43 bits per heavy atom. The van der Waals surface area contributed by atoms with Crippen LogP contribution in [0.25, 0.3) is 0 Å². The maximum absolute atomic E-state index is 12.7. The van der Waals surface area contributed by atoms with Crippen LogP contribution in [0.4, 0.5) is 5.69 Å². The molecule has 1 aliphatic carbocycles. The Hall–Kier alpha value is -2.15. The third-order valence-electron chi connectivity index (χ3n) is 4.90. The zero-order chi connectivity index (χ0) is 16.6. The molecular formula is C16H21N3O4. The number of benzene rings is 1. The van der Waals surface area contributed by atoms with Crippen molar-refractivity contribution in [2.24, 2.45) is 17.6 Å². The van der Waals surface area contributed by atoms with Gasteiger partial charge < -0.3 is 15.4 Å². The van der Waals surface area contributed by atoms with E-state index in [9.17, 15) is 14.9 Å². The minimum absolute atomic E-state index is 0.160. The van der Waals surface area contributed by atoms with Gasteiger partial charge in [-0.25, -0.2) is 0 Å². The third kappa shape index (κ3) is 2.88. The molecule has 0 spiro atoms. The summed E-state index contributed by atoms with van der Waals surface area (Å²) in [5.74, 6) is 0.843. The van der Waals surface area contributed by atoms with Crippen molar-refractivity contribution in [2.45, 2.75) is 25.8 Å². The van der Waals surface area contributed by atoms with Gasteiger partial charge in [-0.1, -0.05) is 0 Å². The average molecular weight is 319 g/mol. The van der Waals surface area contributed by atoms with Crippen LogP contribution in [0.15, 0.2) is 18.2 Å². The molecule has 124 valence electrons. The van der Waals surface area contributed by atoms with E-state index in [4.69, 9.17) is 10.5 Å². The molecule has 0 aromatic heterocycles. The van der Waals surface area contributed by atoms with Gasteiger partial charge in [0.05, 0.1) is 11.5 Å². The van der Waals surface area contributed by atoms with E-state index in [0.717, 1.165) is 12.8 Å². The molecule has 7 heteroatoms. The quantitative estimate of drug-likeness (QED) is 0.674. The van der Waals surface area contributed by atoms with E-state index in [1.165, 1.54) is 12.1 Å². The molecule has 7 nitrogen and oxygen atoms in total. The van der Waals surface area contributed by atoms with Crippen LogP contribution in [0.3, 0.4) is 0 Å². The number of amides is 1. The number of carbonyl (C=O) groups is 1. The number of fused-ring (bicyclic) bond motifs is 1. The van der Waals surface area contributed by atoms with Crippen LogP contribution in [0.1, 0.15) is 30.1 Å². The van der Waals surface area contributed by atoms with Gasteiger partial charge in [0.1, 0.15) is 0 Å². The van der Waals surface area contributed by atoms with Crippen molar-refractivity contribution in [3.05, 3.63) is 33.9 Å².